The third-order valence-electron chi connectivity index (χ3n) is 3.98. The molecule has 0 saturated carbocycles. The molecule has 0 aromatic heterocycles. The quantitative estimate of drug-likeness (QED) is 0.664. The second kappa shape index (κ2) is 8.61. The number of halogens is 1. The van der Waals surface area contributed by atoms with Gasteiger partial charge in [0, 0.05) is 5.56 Å². The molecule has 0 aliphatic carbocycles. The number of hydrogen-bond donors (Lipinski definition) is 0. The van der Waals surface area contributed by atoms with E-state index in [0.717, 1.165) is 12.8 Å². The fraction of sp³-hybridized carbons (Fsp3) is 0.667. The number of unbranched alkanes of at least 4 members (excludes halogenated alkanes) is 3. The van der Waals surface area contributed by atoms with Gasteiger partial charge in [0.15, 0.2) is 6.29 Å². The summed E-state index contributed by atoms with van der Waals surface area (Å²) in [5, 5.41) is 0. The van der Waals surface area contributed by atoms with Crippen molar-refractivity contribution in [3.63, 3.8) is 0 Å². The minimum atomic E-state index is -0.512. The topological polar surface area (TPSA) is 27.7 Å². The minimum Gasteiger partial charge on any atom is -0.366 e. The molecule has 0 N–H and O–H groups in total. The van der Waals surface area contributed by atoms with Crippen LogP contribution in [0.4, 0.5) is 4.39 Å². The standard InChI is InChI=1S/C18H27FO3/c1-3-4-5-6-11-17-20-13-18(2,14-21-17)22-12-15-9-7-8-10-16(15)19/h7-10,17H,3-6,11-14H2,1-2H3. The summed E-state index contributed by atoms with van der Waals surface area (Å²) in [6, 6.07) is 6.67. The van der Waals surface area contributed by atoms with Gasteiger partial charge in [-0.2, -0.15) is 0 Å². The normalized spacial score (nSPS) is 25.3. The first-order chi connectivity index (χ1) is 10.6. The summed E-state index contributed by atoms with van der Waals surface area (Å²) in [6.07, 6.45) is 5.65. The fourth-order valence-electron chi connectivity index (χ4n) is 2.48. The van der Waals surface area contributed by atoms with Crippen LogP contribution in [-0.4, -0.2) is 25.1 Å². The maximum atomic E-state index is 13.6. The van der Waals surface area contributed by atoms with Gasteiger partial charge < -0.3 is 14.2 Å². The fourth-order valence-corrected chi connectivity index (χ4v) is 2.48. The Labute approximate surface area is 132 Å². The third-order valence-corrected chi connectivity index (χ3v) is 3.98. The molecule has 0 amide bonds. The van der Waals surface area contributed by atoms with Gasteiger partial charge >= 0.3 is 0 Å². The van der Waals surface area contributed by atoms with Gasteiger partial charge in [0.05, 0.1) is 19.8 Å². The van der Waals surface area contributed by atoms with Crippen molar-refractivity contribution in [3.8, 4) is 0 Å². The van der Waals surface area contributed by atoms with E-state index in [-0.39, 0.29) is 18.7 Å². The van der Waals surface area contributed by atoms with Gasteiger partial charge in [-0.25, -0.2) is 4.39 Å². The van der Waals surface area contributed by atoms with Crippen molar-refractivity contribution in [3.05, 3.63) is 35.6 Å². The Kier molecular flexibility index (Phi) is 6.80. The van der Waals surface area contributed by atoms with Gasteiger partial charge in [-0.3, -0.25) is 0 Å². The van der Waals surface area contributed by atoms with Gasteiger partial charge in [0.25, 0.3) is 0 Å². The SMILES string of the molecule is CCCCCCC1OCC(C)(OCc2ccccc2F)CO1. The first-order valence-electron chi connectivity index (χ1n) is 8.23. The molecule has 1 fully saturated rings. The van der Waals surface area contributed by atoms with E-state index in [1.54, 1.807) is 12.1 Å². The van der Waals surface area contributed by atoms with E-state index in [1.165, 1.54) is 25.3 Å². The molecule has 4 heteroatoms. The van der Waals surface area contributed by atoms with E-state index in [2.05, 4.69) is 6.92 Å². The first-order valence-corrected chi connectivity index (χ1v) is 8.23. The van der Waals surface area contributed by atoms with Gasteiger partial charge in [0.1, 0.15) is 11.4 Å². The van der Waals surface area contributed by atoms with E-state index in [1.807, 2.05) is 13.0 Å². The second-order valence-corrected chi connectivity index (χ2v) is 6.23. The lowest BCUT2D eigenvalue weighted by Crippen LogP contribution is -2.47. The van der Waals surface area contributed by atoms with Crippen LogP contribution in [0.2, 0.25) is 0 Å². The van der Waals surface area contributed by atoms with Crippen molar-refractivity contribution >= 4 is 0 Å². The molecular weight excluding hydrogens is 283 g/mol. The molecule has 2 rings (SSSR count). The van der Waals surface area contributed by atoms with Crippen molar-refractivity contribution in [2.75, 3.05) is 13.2 Å². The van der Waals surface area contributed by atoms with Crippen LogP contribution in [0.15, 0.2) is 24.3 Å². The Balaban J connectivity index is 1.71. The molecule has 22 heavy (non-hydrogen) atoms. The number of rotatable bonds is 8. The van der Waals surface area contributed by atoms with Crippen molar-refractivity contribution in [2.45, 2.75) is 64.4 Å². The largest absolute Gasteiger partial charge is 0.366 e. The Bertz CT molecular complexity index is 442. The summed E-state index contributed by atoms with van der Waals surface area (Å²) in [5.74, 6) is -0.238. The summed E-state index contributed by atoms with van der Waals surface area (Å²) in [4.78, 5) is 0. The van der Waals surface area contributed by atoms with Crippen LogP contribution >= 0.6 is 0 Å². The molecule has 1 aromatic rings. The molecular formula is C18H27FO3. The monoisotopic (exact) mass is 310 g/mol. The average molecular weight is 310 g/mol. The molecule has 0 atom stereocenters. The molecule has 1 aliphatic rings. The summed E-state index contributed by atoms with van der Waals surface area (Å²) in [6.45, 7) is 5.35. The van der Waals surface area contributed by atoms with E-state index in [9.17, 15) is 4.39 Å². The lowest BCUT2D eigenvalue weighted by atomic mass is 10.1. The number of ether oxygens (including phenoxy) is 3. The molecule has 0 radical (unpaired) electrons. The van der Waals surface area contributed by atoms with E-state index in [4.69, 9.17) is 14.2 Å². The van der Waals surface area contributed by atoms with Crippen molar-refractivity contribution in [2.24, 2.45) is 0 Å². The molecule has 1 saturated heterocycles. The maximum absolute atomic E-state index is 13.6. The van der Waals surface area contributed by atoms with E-state index in [0.29, 0.717) is 18.8 Å². The third kappa shape index (κ3) is 5.34. The van der Waals surface area contributed by atoms with Gasteiger partial charge in [-0.05, 0) is 25.8 Å². The van der Waals surface area contributed by atoms with E-state index < -0.39 is 5.60 Å². The molecule has 1 aliphatic heterocycles. The summed E-state index contributed by atoms with van der Waals surface area (Å²) < 4.78 is 30.9. The Morgan fingerprint density at radius 2 is 1.91 bits per heavy atom. The Morgan fingerprint density at radius 3 is 2.59 bits per heavy atom. The summed E-state index contributed by atoms with van der Waals surface area (Å²) >= 11 is 0. The molecule has 0 spiro atoms. The molecule has 0 bridgehead atoms. The first kappa shape index (κ1) is 17.4. The minimum absolute atomic E-state index is 0.123. The van der Waals surface area contributed by atoms with Crippen LogP contribution in [0, 0.1) is 5.82 Å². The lowest BCUT2D eigenvalue weighted by molar-refractivity contribution is -0.264. The smallest absolute Gasteiger partial charge is 0.157 e. The van der Waals surface area contributed by atoms with E-state index >= 15 is 0 Å². The maximum Gasteiger partial charge on any atom is 0.157 e. The lowest BCUT2D eigenvalue weighted by Gasteiger charge is -2.37. The highest BCUT2D eigenvalue weighted by Gasteiger charge is 2.33. The Hall–Kier alpha value is -0.970. The van der Waals surface area contributed by atoms with Crippen molar-refractivity contribution in [1.29, 1.82) is 0 Å². The van der Waals surface area contributed by atoms with Gasteiger partial charge in [-0.1, -0.05) is 44.4 Å². The number of benzene rings is 1. The van der Waals surface area contributed by atoms with Crippen molar-refractivity contribution < 1.29 is 18.6 Å². The van der Waals surface area contributed by atoms with Crippen LogP contribution in [0.25, 0.3) is 0 Å². The predicted molar refractivity (Wildman–Crippen MR) is 84.0 cm³/mol. The van der Waals surface area contributed by atoms with Crippen molar-refractivity contribution in [1.82, 2.24) is 0 Å². The highest BCUT2D eigenvalue weighted by molar-refractivity contribution is 5.16. The van der Waals surface area contributed by atoms with Crippen LogP contribution in [0.1, 0.15) is 51.5 Å². The van der Waals surface area contributed by atoms with Gasteiger partial charge in [-0.15, -0.1) is 0 Å². The predicted octanol–water partition coefficient (Wildman–Crippen LogP) is 4.44. The summed E-state index contributed by atoms with van der Waals surface area (Å²) in [7, 11) is 0. The van der Waals surface area contributed by atoms with Gasteiger partial charge in [0.2, 0.25) is 0 Å². The highest BCUT2D eigenvalue weighted by atomic mass is 19.1. The van der Waals surface area contributed by atoms with Crippen LogP contribution in [0.3, 0.4) is 0 Å². The van der Waals surface area contributed by atoms with Crippen LogP contribution < -0.4 is 0 Å². The van der Waals surface area contributed by atoms with Crippen LogP contribution in [-0.2, 0) is 20.8 Å². The second-order valence-electron chi connectivity index (χ2n) is 6.23. The molecule has 0 unspecified atom stereocenters. The zero-order valence-corrected chi connectivity index (χ0v) is 13.6. The molecule has 3 nitrogen and oxygen atoms in total. The Morgan fingerprint density at radius 1 is 1.18 bits per heavy atom. The summed E-state index contributed by atoms with van der Waals surface area (Å²) in [5.41, 5.74) is 0.0489. The highest BCUT2D eigenvalue weighted by Crippen LogP contribution is 2.24. The van der Waals surface area contributed by atoms with Crippen LogP contribution in [0.5, 0.6) is 0 Å². The molecule has 1 aromatic carbocycles. The molecule has 1 heterocycles. The zero-order valence-electron chi connectivity index (χ0n) is 13.6. The average Bonchev–Trinajstić information content (AvgIpc) is 2.53. The number of hydrogen-bond acceptors (Lipinski definition) is 3. The zero-order chi connectivity index (χ0) is 15.8. The molecule has 124 valence electrons.